The molecule has 0 aliphatic heterocycles. The lowest BCUT2D eigenvalue weighted by atomic mass is 9.86. The lowest BCUT2D eigenvalue weighted by Gasteiger charge is -2.23. The largest absolute Gasteiger partial charge is 0.456 e. The molecule has 0 aromatic heterocycles. The molecule has 1 aromatic rings. The van der Waals surface area contributed by atoms with Crippen molar-refractivity contribution < 1.29 is 14.3 Å². The van der Waals surface area contributed by atoms with Gasteiger partial charge in [-0.05, 0) is 74.1 Å². The zero-order valence-electron chi connectivity index (χ0n) is 16.2. The van der Waals surface area contributed by atoms with Crippen molar-refractivity contribution in [3.8, 4) is 6.07 Å². The molecule has 5 heteroatoms. The zero-order chi connectivity index (χ0) is 19.4. The van der Waals surface area contributed by atoms with E-state index in [-0.39, 0.29) is 24.9 Å². The number of fused-ring (bicyclic) bond motifs is 2. The van der Waals surface area contributed by atoms with Crippen LogP contribution in [0.5, 0.6) is 0 Å². The summed E-state index contributed by atoms with van der Waals surface area (Å²) in [5, 5.41) is 8.91. The van der Waals surface area contributed by atoms with Crippen molar-refractivity contribution in [2.75, 3.05) is 18.1 Å². The smallest absolute Gasteiger partial charge is 0.306 e. The number of ether oxygens (including phenoxy) is 1. The second kappa shape index (κ2) is 8.56. The Kier molecular flexibility index (Phi) is 6.15. The van der Waals surface area contributed by atoms with Gasteiger partial charge in [-0.15, -0.1) is 0 Å². The molecule has 1 amide bonds. The van der Waals surface area contributed by atoms with Gasteiger partial charge < -0.3 is 9.64 Å². The SMILES string of the molecule is Cc1cc(C)cc(N(CCC#N)C(=O)COC(=O)C[C@@H]2C[C@H]3CC[C@@H]2C3)c1. The van der Waals surface area contributed by atoms with Crippen LogP contribution in [0.4, 0.5) is 5.69 Å². The summed E-state index contributed by atoms with van der Waals surface area (Å²) >= 11 is 0. The summed E-state index contributed by atoms with van der Waals surface area (Å²) in [6, 6.07) is 7.94. The summed E-state index contributed by atoms with van der Waals surface area (Å²) < 4.78 is 5.30. The Balaban J connectivity index is 1.57. The lowest BCUT2D eigenvalue weighted by molar-refractivity contribution is -0.149. The first-order valence-electron chi connectivity index (χ1n) is 9.87. The molecule has 0 N–H and O–H groups in total. The summed E-state index contributed by atoms with van der Waals surface area (Å²) in [6.45, 7) is 3.97. The average Bonchev–Trinajstić information content (AvgIpc) is 3.22. The van der Waals surface area contributed by atoms with Crippen molar-refractivity contribution in [2.24, 2.45) is 17.8 Å². The molecule has 0 heterocycles. The fraction of sp³-hybridized carbons (Fsp3) is 0.591. The summed E-state index contributed by atoms with van der Waals surface area (Å²) in [4.78, 5) is 26.4. The maximum atomic E-state index is 12.7. The van der Waals surface area contributed by atoms with Crippen molar-refractivity contribution in [2.45, 2.75) is 52.4 Å². The summed E-state index contributed by atoms with van der Waals surface area (Å²) in [5.41, 5.74) is 2.85. The summed E-state index contributed by atoms with van der Waals surface area (Å²) in [6.07, 6.45) is 5.58. The van der Waals surface area contributed by atoms with Crippen LogP contribution >= 0.6 is 0 Å². The minimum atomic E-state index is -0.281. The van der Waals surface area contributed by atoms with Crippen molar-refractivity contribution >= 4 is 17.6 Å². The van der Waals surface area contributed by atoms with Crippen LogP contribution in [0.3, 0.4) is 0 Å². The topological polar surface area (TPSA) is 70.4 Å². The maximum Gasteiger partial charge on any atom is 0.306 e. The first-order valence-corrected chi connectivity index (χ1v) is 9.87. The Morgan fingerprint density at radius 2 is 1.93 bits per heavy atom. The van der Waals surface area contributed by atoms with Gasteiger partial charge in [0, 0.05) is 18.7 Å². The number of carbonyl (C=O) groups is 2. The van der Waals surface area contributed by atoms with Crippen LogP contribution in [0.2, 0.25) is 0 Å². The second-order valence-electron chi connectivity index (χ2n) is 8.10. The first-order chi connectivity index (χ1) is 13.0. The standard InChI is InChI=1S/C22H28N2O3/c1-15-8-16(2)10-20(9-15)24(7-3-6-23)21(25)14-27-22(26)13-19-12-17-4-5-18(19)11-17/h8-10,17-19H,3-5,7,11-14H2,1-2H3/t17-,18+,19-/m0/s1. The number of rotatable bonds is 7. The molecule has 2 bridgehead atoms. The van der Waals surface area contributed by atoms with Crippen LogP contribution in [0.25, 0.3) is 0 Å². The number of anilines is 1. The van der Waals surface area contributed by atoms with Gasteiger partial charge in [0.25, 0.3) is 5.91 Å². The predicted molar refractivity (Wildman–Crippen MR) is 103 cm³/mol. The quantitative estimate of drug-likeness (QED) is 0.684. The molecule has 1 aromatic carbocycles. The number of nitrogens with zero attached hydrogens (tertiary/aromatic N) is 2. The van der Waals surface area contributed by atoms with Gasteiger partial charge in [0.15, 0.2) is 6.61 Å². The molecule has 144 valence electrons. The normalized spacial score (nSPS) is 23.1. The minimum absolute atomic E-state index is 0.234. The molecule has 27 heavy (non-hydrogen) atoms. The molecule has 2 aliphatic rings. The zero-order valence-corrected chi connectivity index (χ0v) is 16.2. The molecule has 2 aliphatic carbocycles. The third-order valence-electron chi connectivity index (χ3n) is 5.94. The third-order valence-corrected chi connectivity index (χ3v) is 5.94. The van der Waals surface area contributed by atoms with Crippen molar-refractivity contribution in [3.63, 3.8) is 0 Å². The molecular formula is C22H28N2O3. The highest BCUT2D eigenvalue weighted by molar-refractivity contribution is 5.95. The average molecular weight is 368 g/mol. The third kappa shape index (κ3) is 4.88. The van der Waals surface area contributed by atoms with E-state index < -0.39 is 0 Å². The van der Waals surface area contributed by atoms with Crippen LogP contribution in [-0.2, 0) is 14.3 Å². The van der Waals surface area contributed by atoms with E-state index in [9.17, 15) is 9.59 Å². The van der Waals surface area contributed by atoms with Gasteiger partial charge in [-0.1, -0.05) is 12.5 Å². The molecule has 2 fully saturated rings. The molecule has 0 unspecified atom stereocenters. The molecule has 0 spiro atoms. The van der Waals surface area contributed by atoms with Gasteiger partial charge in [-0.2, -0.15) is 5.26 Å². The second-order valence-corrected chi connectivity index (χ2v) is 8.10. The van der Waals surface area contributed by atoms with E-state index in [2.05, 4.69) is 6.07 Å². The number of aryl methyl sites for hydroxylation is 2. The predicted octanol–water partition coefficient (Wildman–Crippen LogP) is 3.92. The highest BCUT2D eigenvalue weighted by atomic mass is 16.5. The van der Waals surface area contributed by atoms with Crippen LogP contribution in [0.15, 0.2) is 18.2 Å². The number of esters is 1. The van der Waals surface area contributed by atoms with Gasteiger partial charge in [0.1, 0.15) is 0 Å². The van der Waals surface area contributed by atoms with Crippen molar-refractivity contribution in [3.05, 3.63) is 29.3 Å². The Bertz CT molecular complexity index is 732. The highest BCUT2D eigenvalue weighted by Gasteiger charge is 2.40. The number of hydrogen-bond donors (Lipinski definition) is 0. The fourth-order valence-corrected chi connectivity index (χ4v) is 4.79. The number of benzene rings is 1. The Morgan fingerprint density at radius 3 is 2.52 bits per heavy atom. The number of amides is 1. The monoisotopic (exact) mass is 368 g/mol. The summed E-state index contributed by atoms with van der Waals surface area (Å²) in [5.74, 6) is 1.33. The maximum absolute atomic E-state index is 12.7. The van der Waals surface area contributed by atoms with Crippen LogP contribution < -0.4 is 4.90 Å². The van der Waals surface area contributed by atoms with Gasteiger partial charge in [0.2, 0.25) is 0 Å². The molecule has 2 saturated carbocycles. The number of carbonyl (C=O) groups excluding carboxylic acids is 2. The van der Waals surface area contributed by atoms with E-state index in [1.54, 1.807) is 4.90 Å². The molecule has 0 saturated heterocycles. The van der Waals surface area contributed by atoms with E-state index in [0.717, 1.165) is 29.2 Å². The van der Waals surface area contributed by atoms with E-state index in [1.165, 1.54) is 19.3 Å². The van der Waals surface area contributed by atoms with Crippen LogP contribution in [0, 0.1) is 42.9 Å². The van der Waals surface area contributed by atoms with E-state index in [4.69, 9.17) is 10.00 Å². The Hall–Kier alpha value is -2.35. The molecular weight excluding hydrogens is 340 g/mol. The highest BCUT2D eigenvalue weighted by Crippen LogP contribution is 2.49. The van der Waals surface area contributed by atoms with E-state index >= 15 is 0 Å². The first kappa shape index (κ1) is 19.4. The van der Waals surface area contributed by atoms with E-state index in [1.807, 2.05) is 32.0 Å². The fourth-order valence-electron chi connectivity index (χ4n) is 4.79. The van der Waals surface area contributed by atoms with Crippen LogP contribution in [-0.4, -0.2) is 25.0 Å². The van der Waals surface area contributed by atoms with Crippen molar-refractivity contribution in [1.29, 1.82) is 5.26 Å². The summed E-state index contributed by atoms with van der Waals surface area (Å²) in [7, 11) is 0. The minimum Gasteiger partial charge on any atom is -0.456 e. The van der Waals surface area contributed by atoms with Gasteiger partial charge in [-0.3, -0.25) is 9.59 Å². The van der Waals surface area contributed by atoms with Gasteiger partial charge in [-0.25, -0.2) is 0 Å². The number of hydrogen-bond acceptors (Lipinski definition) is 4. The number of nitriles is 1. The van der Waals surface area contributed by atoms with Crippen LogP contribution in [0.1, 0.15) is 49.7 Å². The molecule has 0 radical (unpaired) electrons. The molecule has 5 nitrogen and oxygen atoms in total. The van der Waals surface area contributed by atoms with Gasteiger partial charge in [0.05, 0.1) is 12.5 Å². The van der Waals surface area contributed by atoms with Gasteiger partial charge >= 0.3 is 5.97 Å². The van der Waals surface area contributed by atoms with Crippen molar-refractivity contribution in [1.82, 2.24) is 0 Å². The van der Waals surface area contributed by atoms with E-state index in [0.29, 0.717) is 24.8 Å². The lowest BCUT2D eigenvalue weighted by Crippen LogP contribution is -2.35. The molecule has 3 rings (SSSR count). The molecule has 3 atom stereocenters. The Morgan fingerprint density at radius 1 is 1.19 bits per heavy atom. The Labute approximate surface area is 161 Å².